The number of nitrogens with zero attached hydrogens (tertiary/aromatic N) is 4. The van der Waals surface area contributed by atoms with Gasteiger partial charge in [-0.1, -0.05) is 48.8 Å². The number of aromatic amines is 1. The van der Waals surface area contributed by atoms with Gasteiger partial charge in [-0.15, -0.1) is 15.3 Å². The SMILES string of the molecule is O=C(Nc1nnc(C2CCCCC2)s1)c1nn(-c2ccccc2)c(=O)[nH]1. The first-order chi connectivity index (χ1) is 12.7. The van der Waals surface area contributed by atoms with Crippen LogP contribution in [0.4, 0.5) is 5.13 Å². The van der Waals surface area contributed by atoms with Crippen molar-refractivity contribution >= 4 is 22.4 Å². The Hall–Kier alpha value is -2.81. The maximum Gasteiger partial charge on any atom is 0.348 e. The van der Waals surface area contributed by atoms with Crippen LogP contribution in [0.1, 0.15) is 53.6 Å². The molecule has 1 amide bonds. The Morgan fingerprint density at radius 2 is 1.92 bits per heavy atom. The molecular formula is C17H18N6O2S. The molecule has 0 aliphatic heterocycles. The Labute approximate surface area is 153 Å². The van der Waals surface area contributed by atoms with E-state index in [2.05, 4.69) is 25.6 Å². The number of aromatic nitrogens is 5. The number of carbonyl (C=O) groups is 1. The smallest absolute Gasteiger partial charge is 0.294 e. The van der Waals surface area contributed by atoms with E-state index in [1.807, 2.05) is 6.07 Å². The number of carbonyl (C=O) groups excluding carboxylic acids is 1. The van der Waals surface area contributed by atoms with Gasteiger partial charge in [0.15, 0.2) is 0 Å². The van der Waals surface area contributed by atoms with Gasteiger partial charge in [0.25, 0.3) is 5.91 Å². The summed E-state index contributed by atoms with van der Waals surface area (Å²) in [7, 11) is 0. The van der Waals surface area contributed by atoms with Crippen molar-refractivity contribution in [3.8, 4) is 5.69 Å². The molecule has 1 aliphatic rings. The van der Waals surface area contributed by atoms with Crippen molar-refractivity contribution in [3.05, 3.63) is 51.6 Å². The topological polar surface area (TPSA) is 106 Å². The fraction of sp³-hybridized carbons (Fsp3) is 0.353. The first kappa shape index (κ1) is 16.6. The fourth-order valence-corrected chi connectivity index (χ4v) is 4.03. The molecule has 9 heteroatoms. The number of anilines is 1. The molecule has 1 fully saturated rings. The third-order valence-corrected chi connectivity index (χ3v) is 5.45. The number of para-hydroxylation sites is 1. The van der Waals surface area contributed by atoms with E-state index in [1.165, 1.54) is 30.6 Å². The van der Waals surface area contributed by atoms with Crippen LogP contribution >= 0.6 is 11.3 Å². The van der Waals surface area contributed by atoms with Crippen LogP contribution in [0.3, 0.4) is 0 Å². The van der Waals surface area contributed by atoms with Crippen LogP contribution in [0.5, 0.6) is 0 Å². The normalized spacial score (nSPS) is 15.1. The van der Waals surface area contributed by atoms with Crippen LogP contribution in [0.2, 0.25) is 0 Å². The van der Waals surface area contributed by atoms with E-state index >= 15 is 0 Å². The van der Waals surface area contributed by atoms with Gasteiger partial charge in [-0.05, 0) is 25.0 Å². The van der Waals surface area contributed by atoms with Gasteiger partial charge in [0.2, 0.25) is 11.0 Å². The molecule has 2 heterocycles. The summed E-state index contributed by atoms with van der Waals surface area (Å²) in [5, 5.41) is 16.4. The quantitative estimate of drug-likeness (QED) is 0.734. The van der Waals surface area contributed by atoms with E-state index in [-0.39, 0.29) is 5.82 Å². The lowest BCUT2D eigenvalue weighted by molar-refractivity contribution is 0.101. The monoisotopic (exact) mass is 370 g/mol. The molecule has 0 saturated heterocycles. The van der Waals surface area contributed by atoms with Crippen molar-refractivity contribution in [1.82, 2.24) is 25.0 Å². The average Bonchev–Trinajstić information content (AvgIpc) is 3.30. The van der Waals surface area contributed by atoms with E-state index in [0.29, 0.717) is 16.7 Å². The number of rotatable bonds is 4. The second kappa shape index (κ2) is 7.20. The molecule has 0 spiro atoms. The van der Waals surface area contributed by atoms with E-state index in [9.17, 15) is 9.59 Å². The zero-order chi connectivity index (χ0) is 17.9. The number of benzene rings is 1. The second-order valence-corrected chi connectivity index (χ2v) is 7.27. The van der Waals surface area contributed by atoms with Gasteiger partial charge in [-0.25, -0.2) is 4.79 Å². The summed E-state index contributed by atoms with van der Waals surface area (Å²) in [5.41, 5.74) is 0.116. The van der Waals surface area contributed by atoms with Crippen molar-refractivity contribution in [3.63, 3.8) is 0 Å². The molecule has 0 atom stereocenters. The van der Waals surface area contributed by atoms with Crippen LogP contribution in [0, 0.1) is 0 Å². The van der Waals surface area contributed by atoms with Crippen LogP contribution < -0.4 is 11.0 Å². The van der Waals surface area contributed by atoms with Crippen molar-refractivity contribution in [2.45, 2.75) is 38.0 Å². The fourth-order valence-electron chi connectivity index (χ4n) is 3.13. The lowest BCUT2D eigenvalue weighted by Gasteiger charge is -2.18. The molecule has 3 aromatic rings. The molecular weight excluding hydrogens is 352 g/mol. The van der Waals surface area contributed by atoms with E-state index in [0.717, 1.165) is 22.5 Å². The molecule has 0 unspecified atom stereocenters. The van der Waals surface area contributed by atoms with Gasteiger partial charge in [-0.3, -0.25) is 15.1 Å². The molecule has 2 aromatic heterocycles. The summed E-state index contributed by atoms with van der Waals surface area (Å²) in [5.74, 6) is -0.139. The number of nitrogens with one attached hydrogen (secondary N) is 2. The Morgan fingerprint density at radius 1 is 1.15 bits per heavy atom. The van der Waals surface area contributed by atoms with Crippen LogP contribution in [-0.4, -0.2) is 30.9 Å². The molecule has 4 rings (SSSR count). The van der Waals surface area contributed by atoms with Crippen LogP contribution in [0.25, 0.3) is 5.69 Å². The molecule has 2 N–H and O–H groups in total. The molecule has 1 aromatic carbocycles. The highest BCUT2D eigenvalue weighted by Gasteiger charge is 2.21. The van der Waals surface area contributed by atoms with Crippen molar-refractivity contribution in [2.24, 2.45) is 0 Å². The van der Waals surface area contributed by atoms with E-state index in [1.54, 1.807) is 24.3 Å². The lowest BCUT2D eigenvalue weighted by Crippen LogP contribution is -2.15. The van der Waals surface area contributed by atoms with Gasteiger partial charge < -0.3 is 0 Å². The van der Waals surface area contributed by atoms with Gasteiger partial charge in [-0.2, -0.15) is 4.68 Å². The van der Waals surface area contributed by atoms with Crippen LogP contribution in [-0.2, 0) is 0 Å². The third kappa shape index (κ3) is 3.43. The summed E-state index contributed by atoms with van der Waals surface area (Å²) >= 11 is 1.39. The van der Waals surface area contributed by atoms with Crippen LogP contribution in [0.15, 0.2) is 35.1 Å². The Bertz CT molecular complexity index is 955. The maximum absolute atomic E-state index is 12.4. The number of hydrogen-bond donors (Lipinski definition) is 2. The first-order valence-electron chi connectivity index (χ1n) is 8.60. The maximum atomic E-state index is 12.4. The highest BCUT2D eigenvalue weighted by atomic mass is 32.1. The van der Waals surface area contributed by atoms with Gasteiger partial charge >= 0.3 is 5.69 Å². The Morgan fingerprint density at radius 3 is 2.69 bits per heavy atom. The molecule has 0 bridgehead atoms. The number of H-pyrrole nitrogens is 1. The van der Waals surface area contributed by atoms with Gasteiger partial charge in [0.1, 0.15) is 5.01 Å². The van der Waals surface area contributed by atoms with Crippen molar-refractivity contribution in [2.75, 3.05) is 5.32 Å². The summed E-state index contributed by atoms with van der Waals surface area (Å²) in [6, 6.07) is 8.92. The minimum Gasteiger partial charge on any atom is -0.294 e. The standard InChI is InChI=1S/C17H18N6O2S/c24-14(13-18-17(25)23(22-13)12-9-5-2-6-10-12)19-16-21-20-15(26-16)11-7-3-1-4-8-11/h2,5-6,9-11H,1,3-4,7-8H2,(H,18,22,25)(H,19,21,24). The predicted octanol–water partition coefficient (Wildman–Crippen LogP) is 2.71. The summed E-state index contributed by atoms with van der Waals surface area (Å²) in [4.78, 5) is 26.9. The molecule has 134 valence electrons. The number of hydrogen-bond acceptors (Lipinski definition) is 6. The van der Waals surface area contributed by atoms with Crippen molar-refractivity contribution in [1.29, 1.82) is 0 Å². The molecule has 26 heavy (non-hydrogen) atoms. The highest BCUT2D eigenvalue weighted by Crippen LogP contribution is 2.35. The highest BCUT2D eigenvalue weighted by molar-refractivity contribution is 7.15. The average molecular weight is 370 g/mol. The van der Waals surface area contributed by atoms with Crippen molar-refractivity contribution < 1.29 is 4.79 Å². The minimum atomic E-state index is -0.511. The van der Waals surface area contributed by atoms with E-state index < -0.39 is 11.6 Å². The second-order valence-electron chi connectivity index (χ2n) is 6.26. The zero-order valence-electron chi connectivity index (χ0n) is 14.0. The molecule has 1 saturated carbocycles. The Kier molecular flexibility index (Phi) is 4.61. The summed E-state index contributed by atoms with van der Waals surface area (Å²) in [6.45, 7) is 0. The molecule has 1 aliphatic carbocycles. The Balaban J connectivity index is 1.49. The minimum absolute atomic E-state index is 0.0618. The largest absolute Gasteiger partial charge is 0.348 e. The van der Waals surface area contributed by atoms with E-state index in [4.69, 9.17) is 0 Å². The summed E-state index contributed by atoms with van der Waals surface area (Å²) < 4.78 is 1.16. The zero-order valence-corrected chi connectivity index (χ0v) is 14.8. The predicted molar refractivity (Wildman–Crippen MR) is 97.9 cm³/mol. The van der Waals surface area contributed by atoms with Gasteiger partial charge in [0.05, 0.1) is 5.69 Å². The third-order valence-electron chi connectivity index (χ3n) is 4.45. The summed E-state index contributed by atoms with van der Waals surface area (Å²) in [6.07, 6.45) is 5.94. The van der Waals surface area contributed by atoms with Gasteiger partial charge in [0, 0.05) is 5.92 Å². The lowest BCUT2D eigenvalue weighted by atomic mass is 9.90. The number of amides is 1. The first-order valence-corrected chi connectivity index (χ1v) is 9.42. The molecule has 8 nitrogen and oxygen atoms in total. The molecule has 0 radical (unpaired) electrons.